The SMILES string of the molecule is O=C(CCCN1C(=O)/C(=C/c2cccc(OCc3ccccc3)c2)SC1=S)Nc1ccc([N+](=O)[O-])cc1. The van der Waals surface area contributed by atoms with Gasteiger partial charge in [-0.3, -0.25) is 24.6 Å². The molecule has 0 spiro atoms. The number of benzene rings is 3. The van der Waals surface area contributed by atoms with Crippen molar-refractivity contribution in [3.63, 3.8) is 0 Å². The predicted octanol–water partition coefficient (Wildman–Crippen LogP) is 5.79. The minimum absolute atomic E-state index is 0.0492. The van der Waals surface area contributed by atoms with Gasteiger partial charge in [0.25, 0.3) is 11.6 Å². The van der Waals surface area contributed by atoms with E-state index in [0.29, 0.717) is 40.2 Å². The van der Waals surface area contributed by atoms with Crippen LogP contribution in [0.4, 0.5) is 11.4 Å². The fraction of sp³-hybridized carbons (Fsp3) is 0.148. The number of hydrogen-bond donors (Lipinski definition) is 1. The summed E-state index contributed by atoms with van der Waals surface area (Å²) >= 11 is 6.63. The molecule has 2 amide bonds. The minimum atomic E-state index is -0.501. The van der Waals surface area contributed by atoms with E-state index in [-0.39, 0.29) is 23.9 Å². The zero-order valence-corrected chi connectivity index (χ0v) is 21.3. The Labute approximate surface area is 223 Å². The number of ether oxygens (including phenoxy) is 1. The molecule has 1 N–H and O–H groups in total. The molecule has 0 aliphatic carbocycles. The van der Waals surface area contributed by atoms with Crippen molar-refractivity contribution in [3.05, 3.63) is 105 Å². The number of anilines is 1. The highest BCUT2D eigenvalue weighted by molar-refractivity contribution is 8.26. The van der Waals surface area contributed by atoms with Crippen molar-refractivity contribution in [1.29, 1.82) is 0 Å². The minimum Gasteiger partial charge on any atom is -0.489 e. The van der Waals surface area contributed by atoms with Crippen molar-refractivity contribution < 1.29 is 19.2 Å². The van der Waals surface area contributed by atoms with Gasteiger partial charge in [0.15, 0.2) is 0 Å². The van der Waals surface area contributed by atoms with Crippen molar-refractivity contribution >= 4 is 57.6 Å². The maximum absolute atomic E-state index is 12.9. The van der Waals surface area contributed by atoms with Crippen LogP contribution in [0.2, 0.25) is 0 Å². The van der Waals surface area contributed by atoms with Crippen LogP contribution >= 0.6 is 24.0 Å². The van der Waals surface area contributed by atoms with Crippen molar-refractivity contribution in [2.24, 2.45) is 0 Å². The number of nitro groups is 1. The van der Waals surface area contributed by atoms with Gasteiger partial charge in [-0.15, -0.1) is 0 Å². The summed E-state index contributed by atoms with van der Waals surface area (Å²) in [5.74, 6) is 0.260. The van der Waals surface area contributed by atoms with Crippen molar-refractivity contribution in [2.75, 3.05) is 11.9 Å². The molecule has 0 atom stereocenters. The molecule has 0 saturated carbocycles. The molecule has 3 aromatic carbocycles. The van der Waals surface area contributed by atoms with Gasteiger partial charge >= 0.3 is 0 Å². The van der Waals surface area contributed by atoms with E-state index in [4.69, 9.17) is 17.0 Å². The third kappa shape index (κ3) is 7.25. The Bertz CT molecular complexity index is 1340. The summed E-state index contributed by atoms with van der Waals surface area (Å²) < 4.78 is 6.32. The Kier molecular flexibility index (Phi) is 8.65. The number of nitro benzene ring substituents is 1. The molecule has 0 radical (unpaired) electrons. The molecule has 1 aliphatic heterocycles. The fourth-order valence-electron chi connectivity index (χ4n) is 3.57. The Morgan fingerprint density at radius 2 is 1.84 bits per heavy atom. The molecular formula is C27H23N3O5S2. The number of nitrogens with zero attached hydrogens (tertiary/aromatic N) is 2. The number of carbonyl (C=O) groups is 2. The first kappa shape index (κ1) is 26.1. The summed E-state index contributed by atoms with van der Waals surface area (Å²) in [6.45, 7) is 0.764. The van der Waals surface area contributed by atoms with Gasteiger partial charge in [0, 0.05) is 30.8 Å². The lowest BCUT2D eigenvalue weighted by Crippen LogP contribution is -2.29. The largest absolute Gasteiger partial charge is 0.489 e. The maximum atomic E-state index is 12.9. The van der Waals surface area contributed by atoms with Gasteiger partial charge in [-0.05, 0) is 47.9 Å². The Morgan fingerprint density at radius 3 is 2.57 bits per heavy atom. The molecule has 1 aliphatic rings. The van der Waals surface area contributed by atoms with Crippen molar-refractivity contribution in [2.45, 2.75) is 19.4 Å². The molecule has 0 unspecified atom stereocenters. The zero-order chi connectivity index (χ0) is 26.2. The summed E-state index contributed by atoms with van der Waals surface area (Å²) in [4.78, 5) is 37.4. The quantitative estimate of drug-likeness (QED) is 0.152. The maximum Gasteiger partial charge on any atom is 0.269 e. The molecular weight excluding hydrogens is 510 g/mol. The van der Waals surface area contributed by atoms with Crippen LogP contribution in [0, 0.1) is 10.1 Å². The lowest BCUT2D eigenvalue weighted by molar-refractivity contribution is -0.384. The smallest absolute Gasteiger partial charge is 0.269 e. The van der Waals surface area contributed by atoms with Crippen LogP contribution in [0.3, 0.4) is 0 Å². The third-order valence-corrected chi connectivity index (χ3v) is 6.80. The van der Waals surface area contributed by atoms with Crippen LogP contribution in [0.15, 0.2) is 83.8 Å². The molecule has 37 heavy (non-hydrogen) atoms. The topological polar surface area (TPSA) is 102 Å². The van der Waals surface area contributed by atoms with E-state index in [1.165, 1.54) is 40.9 Å². The first-order chi connectivity index (χ1) is 17.9. The van der Waals surface area contributed by atoms with E-state index in [1.807, 2.05) is 54.6 Å². The summed E-state index contributed by atoms with van der Waals surface area (Å²) in [6.07, 6.45) is 2.38. The highest BCUT2D eigenvalue weighted by atomic mass is 32.2. The van der Waals surface area contributed by atoms with Gasteiger partial charge in [0.1, 0.15) is 16.7 Å². The summed E-state index contributed by atoms with van der Waals surface area (Å²) in [5.41, 5.74) is 2.31. The normalized spacial score (nSPS) is 14.2. The van der Waals surface area contributed by atoms with Gasteiger partial charge in [0.2, 0.25) is 5.91 Å². The summed E-state index contributed by atoms with van der Waals surface area (Å²) in [6, 6.07) is 23.0. The van der Waals surface area contributed by atoms with Crippen LogP contribution in [-0.2, 0) is 16.2 Å². The molecule has 1 fully saturated rings. The number of hydrogen-bond acceptors (Lipinski definition) is 7. The first-order valence-electron chi connectivity index (χ1n) is 11.5. The molecule has 1 saturated heterocycles. The van der Waals surface area contributed by atoms with E-state index in [1.54, 1.807) is 6.08 Å². The average Bonchev–Trinajstić information content (AvgIpc) is 3.16. The number of non-ortho nitro benzene ring substituents is 1. The van der Waals surface area contributed by atoms with Crippen LogP contribution in [0.25, 0.3) is 6.08 Å². The third-order valence-electron chi connectivity index (χ3n) is 5.43. The number of thioether (sulfide) groups is 1. The van der Waals surface area contributed by atoms with Gasteiger partial charge in [0.05, 0.1) is 9.83 Å². The molecule has 0 aromatic heterocycles. The second kappa shape index (κ2) is 12.3. The Hall–Kier alpha value is -4.02. The number of carbonyl (C=O) groups excluding carboxylic acids is 2. The number of nitrogens with one attached hydrogen (secondary N) is 1. The van der Waals surface area contributed by atoms with Crippen molar-refractivity contribution in [3.8, 4) is 5.75 Å². The molecule has 8 nitrogen and oxygen atoms in total. The average molecular weight is 534 g/mol. The number of rotatable bonds is 10. The molecule has 0 bridgehead atoms. The second-order valence-electron chi connectivity index (χ2n) is 8.14. The Balaban J connectivity index is 1.29. The van der Waals surface area contributed by atoms with Gasteiger partial charge in [-0.25, -0.2) is 0 Å². The lowest BCUT2D eigenvalue weighted by Gasteiger charge is -2.14. The van der Waals surface area contributed by atoms with E-state index < -0.39 is 4.92 Å². The van der Waals surface area contributed by atoms with Crippen LogP contribution in [0.1, 0.15) is 24.0 Å². The van der Waals surface area contributed by atoms with Gasteiger partial charge in [-0.2, -0.15) is 0 Å². The first-order valence-corrected chi connectivity index (χ1v) is 12.7. The Morgan fingerprint density at radius 1 is 1.08 bits per heavy atom. The molecule has 188 valence electrons. The van der Waals surface area contributed by atoms with Crippen LogP contribution < -0.4 is 10.1 Å². The number of amides is 2. The van der Waals surface area contributed by atoms with Gasteiger partial charge < -0.3 is 10.1 Å². The van der Waals surface area contributed by atoms with Gasteiger partial charge in [-0.1, -0.05) is 66.4 Å². The molecule has 1 heterocycles. The van der Waals surface area contributed by atoms with Crippen molar-refractivity contribution in [1.82, 2.24) is 4.90 Å². The highest BCUT2D eigenvalue weighted by Crippen LogP contribution is 2.33. The number of thiocarbonyl (C=S) groups is 1. The fourth-order valence-corrected chi connectivity index (χ4v) is 4.88. The van der Waals surface area contributed by atoms with Crippen LogP contribution in [0.5, 0.6) is 5.75 Å². The highest BCUT2D eigenvalue weighted by Gasteiger charge is 2.31. The van der Waals surface area contributed by atoms with E-state index >= 15 is 0 Å². The molecule has 3 aromatic rings. The van der Waals surface area contributed by atoms with E-state index in [0.717, 1.165) is 11.1 Å². The molecule has 4 rings (SSSR count). The second-order valence-corrected chi connectivity index (χ2v) is 9.81. The zero-order valence-electron chi connectivity index (χ0n) is 19.7. The summed E-state index contributed by atoms with van der Waals surface area (Å²) in [7, 11) is 0. The van der Waals surface area contributed by atoms with E-state index in [9.17, 15) is 19.7 Å². The predicted molar refractivity (Wildman–Crippen MR) is 148 cm³/mol. The standard InChI is InChI=1S/C27H23N3O5S2/c31-25(28-21-11-13-22(14-12-21)30(33)34)10-5-15-29-26(32)24(37-27(29)36)17-20-8-4-9-23(16-20)35-18-19-6-2-1-3-7-19/h1-4,6-9,11-14,16-17H,5,10,15,18H2,(H,28,31)/b24-17-. The lowest BCUT2D eigenvalue weighted by atomic mass is 10.2. The van der Waals surface area contributed by atoms with Crippen LogP contribution in [-0.4, -0.2) is 32.5 Å². The summed E-state index contributed by atoms with van der Waals surface area (Å²) in [5, 5.41) is 13.4. The van der Waals surface area contributed by atoms with E-state index in [2.05, 4.69) is 5.32 Å². The monoisotopic (exact) mass is 533 g/mol. The molecule has 10 heteroatoms.